The number of thioether (sulfide) groups is 1. The van der Waals surface area contributed by atoms with Crippen LogP contribution in [-0.4, -0.2) is 41.3 Å². The maximum Gasteiger partial charge on any atom is 0.233 e. The molecule has 6 heteroatoms. The fraction of sp³-hybridized carbons (Fsp3) is 0.304. The van der Waals surface area contributed by atoms with Gasteiger partial charge >= 0.3 is 0 Å². The van der Waals surface area contributed by atoms with E-state index in [1.54, 1.807) is 0 Å². The Hall–Kier alpha value is -2.73. The van der Waals surface area contributed by atoms with Gasteiger partial charge in [-0.15, -0.1) is 0 Å². The molecule has 3 heterocycles. The summed E-state index contributed by atoms with van der Waals surface area (Å²) >= 11 is 1.51. The number of hydrogen-bond donors (Lipinski definition) is 0. The molecule has 1 amide bonds. The number of hydrogen-bond acceptors (Lipinski definition) is 5. The van der Waals surface area contributed by atoms with Crippen LogP contribution in [0, 0.1) is 6.92 Å². The van der Waals surface area contributed by atoms with E-state index >= 15 is 0 Å². The number of ether oxygens (including phenoxy) is 2. The van der Waals surface area contributed by atoms with Gasteiger partial charge in [-0.1, -0.05) is 36.0 Å². The van der Waals surface area contributed by atoms with Crippen LogP contribution in [0.1, 0.15) is 16.7 Å². The van der Waals surface area contributed by atoms with Crippen LogP contribution in [0.3, 0.4) is 0 Å². The molecule has 0 fully saturated rings. The lowest BCUT2D eigenvalue weighted by Gasteiger charge is -2.28. The van der Waals surface area contributed by atoms with Crippen molar-refractivity contribution in [3.05, 3.63) is 59.2 Å². The third kappa shape index (κ3) is 3.65. The van der Waals surface area contributed by atoms with Gasteiger partial charge in [0, 0.05) is 24.5 Å². The second kappa shape index (κ2) is 7.59. The number of amides is 1. The zero-order valence-corrected chi connectivity index (χ0v) is 17.1. The van der Waals surface area contributed by atoms with E-state index in [0.29, 0.717) is 25.5 Å². The first-order chi connectivity index (χ1) is 14.2. The highest BCUT2D eigenvalue weighted by atomic mass is 32.2. The number of carbonyl (C=O) groups is 1. The van der Waals surface area contributed by atoms with Gasteiger partial charge in [0.1, 0.15) is 18.2 Å². The lowest BCUT2D eigenvalue weighted by atomic mass is 10.00. The Morgan fingerprint density at radius 3 is 2.69 bits per heavy atom. The van der Waals surface area contributed by atoms with E-state index in [1.807, 2.05) is 30.0 Å². The molecule has 2 aliphatic heterocycles. The van der Waals surface area contributed by atoms with Gasteiger partial charge in [-0.25, -0.2) is 4.98 Å². The second-order valence-electron chi connectivity index (χ2n) is 7.42. The fourth-order valence-corrected chi connectivity index (χ4v) is 4.77. The van der Waals surface area contributed by atoms with Gasteiger partial charge in [0.25, 0.3) is 0 Å². The summed E-state index contributed by atoms with van der Waals surface area (Å²) < 4.78 is 11.3. The molecule has 1 aromatic heterocycles. The first-order valence-electron chi connectivity index (χ1n) is 9.86. The first kappa shape index (κ1) is 18.3. The van der Waals surface area contributed by atoms with Crippen LogP contribution < -0.4 is 9.47 Å². The Kier molecular flexibility index (Phi) is 4.79. The Morgan fingerprint density at radius 2 is 1.86 bits per heavy atom. The van der Waals surface area contributed by atoms with E-state index in [0.717, 1.165) is 46.0 Å². The molecular weight excluding hydrogens is 384 g/mol. The molecule has 5 rings (SSSR count). The maximum atomic E-state index is 12.8. The van der Waals surface area contributed by atoms with Crippen molar-refractivity contribution < 1.29 is 14.3 Å². The third-order valence-electron chi connectivity index (χ3n) is 5.44. The van der Waals surface area contributed by atoms with Gasteiger partial charge in [-0.3, -0.25) is 4.79 Å². The summed E-state index contributed by atoms with van der Waals surface area (Å²) in [7, 11) is 0. The average Bonchev–Trinajstić information content (AvgIpc) is 2.75. The minimum absolute atomic E-state index is 0.160. The Balaban J connectivity index is 1.31. The zero-order valence-electron chi connectivity index (χ0n) is 16.3. The highest BCUT2D eigenvalue weighted by Crippen LogP contribution is 2.35. The number of aromatic nitrogens is 1. The Morgan fingerprint density at radius 1 is 1.10 bits per heavy atom. The summed E-state index contributed by atoms with van der Waals surface area (Å²) in [5.41, 5.74) is 4.53. The van der Waals surface area contributed by atoms with Crippen molar-refractivity contribution in [1.82, 2.24) is 9.88 Å². The minimum atomic E-state index is 0.160. The SMILES string of the molecule is Cc1cc2cc3c(cc2nc1SCC(=O)N1CCc2ccccc2C1)OCCO3. The molecule has 2 aliphatic rings. The van der Waals surface area contributed by atoms with Crippen LogP contribution in [0.2, 0.25) is 0 Å². The molecule has 0 N–H and O–H groups in total. The smallest absolute Gasteiger partial charge is 0.233 e. The van der Waals surface area contributed by atoms with E-state index in [9.17, 15) is 4.79 Å². The quantitative estimate of drug-likeness (QED) is 0.616. The van der Waals surface area contributed by atoms with Gasteiger partial charge < -0.3 is 14.4 Å². The van der Waals surface area contributed by atoms with Crippen LogP contribution in [0.25, 0.3) is 10.9 Å². The Labute approximate surface area is 174 Å². The van der Waals surface area contributed by atoms with Crippen molar-refractivity contribution >= 4 is 28.6 Å². The molecule has 0 unspecified atom stereocenters. The average molecular weight is 407 g/mol. The molecule has 0 spiro atoms. The highest BCUT2D eigenvalue weighted by molar-refractivity contribution is 7.99. The van der Waals surface area contributed by atoms with Crippen LogP contribution >= 0.6 is 11.8 Å². The Bertz CT molecular complexity index is 1100. The minimum Gasteiger partial charge on any atom is -0.486 e. The number of carbonyl (C=O) groups excluding carboxylic acids is 1. The third-order valence-corrected chi connectivity index (χ3v) is 6.52. The number of aryl methyl sites for hydroxylation is 1. The summed E-state index contributed by atoms with van der Waals surface area (Å²) in [5.74, 6) is 2.06. The van der Waals surface area contributed by atoms with Crippen molar-refractivity contribution in [3.8, 4) is 11.5 Å². The van der Waals surface area contributed by atoms with E-state index in [1.165, 1.54) is 22.9 Å². The van der Waals surface area contributed by atoms with Crippen molar-refractivity contribution in [2.45, 2.75) is 24.9 Å². The van der Waals surface area contributed by atoms with E-state index in [2.05, 4.69) is 24.3 Å². The van der Waals surface area contributed by atoms with E-state index in [4.69, 9.17) is 14.5 Å². The molecule has 5 nitrogen and oxygen atoms in total. The summed E-state index contributed by atoms with van der Waals surface area (Å²) in [6.45, 7) is 4.64. The number of nitrogens with zero attached hydrogens (tertiary/aromatic N) is 2. The maximum absolute atomic E-state index is 12.8. The molecule has 0 bridgehead atoms. The second-order valence-corrected chi connectivity index (χ2v) is 8.39. The van der Waals surface area contributed by atoms with Crippen molar-refractivity contribution in [1.29, 1.82) is 0 Å². The molecule has 0 atom stereocenters. The number of rotatable bonds is 3. The number of pyridine rings is 1. The molecular formula is C23H22N2O3S. The van der Waals surface area contributed by atoms with Gasteiger partial charge in [-0.05, 0) is 42.2 Å². The molecule has 0 aliphatic carbocycles. The van der Waals surface area contributed by atoms with E-state index in [-0.39, 0.29) is 5.91 Å². The van der Waals surface area contributed by atoms with E-state index < -0.39 is 0 Å². The van der Waals surface area contributed by atoms with Crippen LogP contribution in [0.5, 0.6) is 11.5 Å². The number of benzene rings is 2. The van der Waals surface area contributed by atoms with Crippen LogP contribution in [-0.2, 0) is 17.8 Å². The lowest BCUT2D eigenvalue weighted by Crippen LogP contribution is -2.37. The van der Waals surface area contributed by atoms with Gasteiger partial charge in [0.05, 0.1) is 11.3 Å². The molecule has 0 saturated carbocycles. The first-order valence-corrected chi connectivity index (χ1v) is 10.8. The van der Waals surface area contributed by atoms with Crippen molar-refractivity contribution in [2.24, 2.45) is 0 Å². The normalized spacial score (nSPS) is 15.3. The predicted octanol–water partition coefficient (Wildman–Crippen LogP) is 3.99. The monoisotopic (exact) mass is 406 g/mol. The lowest BCUT2D eigenvalue weighted by molar-refractivity contribution is -0.129. The fourth-order valence-electron chi connectivity index (χ4n) is 3.87. The largest absolute Gasteiger partial charge is 0.486 e. The molecule has 2 aromatic carbocycles. The molecule has 148 valence electrons. The summed E-state index contributed by atoms with van der Waals surface area (Å²) in [6, 6.07) is 14.4. The molecule has 0 saturated heterocycles. The number of fused-ring (bicyclic) bond motifs is 3. The topological polar surface area (TPSA) is 51.7 Å². The molecule has 3 aromatic rings. The standard InChI is InChI=1S/C23H22N2O3S/c1-15-10-18-11-20-21(28-9-8-27-20)12-19(18)24-23(15)29-14-22(26)25-7-6-16-4-2-3-5-17(16)13-25/h2-5,10-12H,6-9,13-14H2,1H3. The van der Waals surface area contributed by atoms with Crippen molar-refractivity contribution in [2.75, 3.05) is 25.5 Å². The molecule has 0 radical (unpaired) electrons. The van der Waals surface area contributed by atoms with Crippen LogP contribution in [0.4, 0.5) is 0 Å². The highest BCUT2D eigenvalue weighted by Gasteiger charge is 2.21. The summed E-state index contributed by atoms with van der Waals surface area (Å²) in [4.78, 5) is 19.5. The summed E-state index contributed by atoms with van der Waals surface area (Å²) in [5, 5.41) is 1.91. The molecule has 29 heavy (non-hydrogen) atoms. The van der Waals surface area contributed by atoms with Gasteiger partial charge in [-0.2, -0.15) is 0 Å². The van der Waals surface area contributed by atoms with Crippen LogP contribution in [0.15, 0.2) is 47.5 Å². The predicted molar refractivity (Wildman–Crippen MR) is 114 cm³/mol. The van der Waals surface area contributed by atoms with Gasteiger partial charge in [0.15, 0.2) is 11.5 Å². The summed E-state index contributed by atoms with van der Waals surface area (Å²) in [6.07, 6.45) is 0.924. The van der Waals surface area contributed by atoms with Crippen molar-refractivity contribution in [3.63, 3.8) is 0 Å². The zero-order chi connectivity index (χ0) is 19.8. The van der Waals surface area contributed by atoms with Gasteiger partial charge in [0.2, 0.25) is 5.91 Å².